The second-order valence-corrected chi connectivity index (χ2v) is 7.07. The Kier molecular flexibility index (Phi) is 4.94. The Balaban J connectivity index is 1.48. The van der Waals surface area contributed by atoms with Crippen molar-refractivity contribution in [1.82, 2.24) is 0 Å². The normalized spacial score (nSPS) is 16.5. The molecule has 1 heterocycles. The van der Waals surface area contributed by atoms with E-state index in [2.05, 4.69) is 6.07 Å². The molecular formula is C24H21NO3. The second kappa shape index (κ2) is 7.69. The summed E-state index contributed by atoms with van der Waals surface area (Å²) in [5.74, 6) is 0.796. The van der Waals surface area contributed by atoms with Crippen molar-refractivity contribution >= 4 is 17.5 Å². The third-order valence-electron chi connectivity index (χ3n) is 4.88. The lowest BCUT2D eigenvalue weighted by Crippen LogP contribution is -2.30. The number of para-hydroxylation sites is 1. The van der Waals surface area contributed by atoms with Crippen LogP contribution in [0.25, 0.3) is 0 Å². The highest BCUT2D eigenvalue weighted by Crippen LogP contribution is 2.31. The van der Waals surface area contributed by atoms with E-state index in [9.17, 15) is 9.59 Å². The minimum Gasteiger partial charge on any atom is -0.457 e. The molecule has 140 valence electrons. The number of nitrogens with zero attached hydrogens (tertiary/aromatic N) is 1. The number of anilines is 1. The van der Waals surface area contributed by atoms with Crippen molar-refractivity contribution in [3.63, 3.8) is 0 Å². The van der Waals surface area contributed by atoms with E-state index < -0.39 is 0 Å². The minimum absolute atomic E-state index is 0.136. The summed E-state index contributed by atoms with van der Waals surface area (Å²) >= 11 is 0. The average Bonchev–Trinajstić information content (AvgIpc) is 2.97. The van der Waals surface area contributed by atoms with Gasteiger partial charge in [0.25, 0.3) is 0 Å². The van der Waals surface area contributed by atoms with E-state index >= 15 is 0 Å². The Morgan fingerprint density at radius 1 is 0.893 bits per heavy atom. The Bertz CT molecular complexity index is 996. The lowest BCUT2D eigenvalue weighted by atomic mass is 9.97. The van der Waals surface area contributed by atoms with Crippen molar-refractivity contribution < 1.29 is 14.3 Å². The molecule has 0 bridgehead atoms. The highest BCUT2D eigenvalue weighted by atomic mass is 16.5. The van der Waals surface area contributed by atoms with Crippen LogP contribution in [0.1, 0.15) is 17.5 Å². The highest BCUT2D eigenvalue weighted by Gasteiger charge is 2.39. The van der Waals surface area contributed by atoms with Gasteiger partial charge in [-0.1, -0.05) is 48.0 Å². The number of ether oxygens (including phenoxy) is 1. The zero-order valence-corrected chi connectivity index (χ0v) is 15.7. The van der Waals surface area contributed by atoms with E-state index in [1.165, 1.54) is 4.90 Å². The minimum atomic E-state index is -0.311. The fourth-order valence-corrected chi connectivity index (χ4v) is 3.54. The molecule has 0 spiro atoms. The number of hydrogen-bond acceptors (Lipinski definition) is 3. The predicted molar refractivity (Wildman–Crippen MR) is 108 cm³/mol. The first-order valence-corrected chi connectivity index (χ1v) is 9.35. The van der Waals surface area contributed by atoms with Crippen molar-refractivity contribution in [1.29, 1.82) is 0 Å². The standard InChI is InChI=1S/C24H21NO3/c1-17-6-5-7-18(14-17)15-19-16-23(26)25(24(19)27)20-10-12-22(13-11-20)28-21-8-3-2-4-9-21/h2-14,19H,15-16H2,1H3/t19-/m1/s1. The van der Waals surface area contributed by atoms with Crippen LogP contribution in [0.15, 0.2) is 78.9 Å². The summed E-state index contributed by atoms with van der Waals surface area (Å²) in [6.07, 6.45) is 0.826. The molecule has 1 aliphatic rings. The van der Waals surface area contributed by atoms with E-state index in [1.807, 2.05) is 55.5 Å². The molecule has 4 rings (SSSR count). The monoisotopic (exact) mass is 371 g/mol. The molecule has 3 aromatic rings. The molecular weight excluding hydrogens is 350 g/mol. The number of rotatable bonds is 5. The molecule has 1 saturated heterocycles. The molecule has 3 aromatic carbocycles. The van der Waals surface area contributed by atoms with E-state index in [1.54, 1.807) is 24.3 Å². The van der Waals surface area contributed by atoms with Crippen LogP contribution in [-0.4, -0.2) is 11.8 Å². The van der Waals surface area contributed by atoms with Crippen molar-refractivity contribution in [2.45, 2.75) is 19.8 Å². The largest absolute Gasteiger partial charge is 0.457 e. The summed E-state index contributed by atoms with van der Waals surface area (Å²) in [5.41, 5.74) is 2.82. The number of imide groups is 1. The molecule has 2 amide bonds. The van der Waals surface area contributed by atoms with Gasteiger partial charge in [-0.05, 0) is 55.3 Å². The van der Waals surface area contributed by atoms with Gasteiger partial charge in [0.2, 0.25) is 11.8 Å². The first kappa shape index (κ1) is 18.0. The van der Waals surface area contributed by atoms with Crippen LogP contribution < -0.4 is 9.64 Å². The van der Waals surface area contributed by atoms with Gasteiger partial charge in [-0.2, -0.15) is 0 Å². The smallest absolute Gasteiger partial charge is 0.237 e. The third kappa shape index (κ3) is 3.81. The van der Waals surface area contributed by atoms with Gasteiger partial charge < -0.3 is 4.74 Å². The van der Waals surface area contributed by atoms with Crippen LogP contribution in [0.2, 0.25) is 0 Å². The number of carbonyl (C=O) groups excluding carboxylic acids is 2. The Morgan fingerprint density at radius 3 is 2.32 bits per heavy atom. The van der Waals surface area contributed by atoms with Crippen molar-refractivity contribution in [3.05, 3.63) is 90.0 Å². The molecule has 1 fully saturated rings. The molecule has 4 nitrogen and oxygen atoms in total. The van der Waals surface area contributed by atoms with Crippen LogP contribution in [0.3, 0.4) is 0 Å². The molecule has 0 unspecified atom stereocenters. The van der Waals surface area contributed by atoms with Crippen LogP contribution in [0.5, 0.6) is 11.5 Å². The maximum absolute atomic E-state index is 12.9. The highest BCUT2D eigenvalue weighted by molar-refractivity contribution is 6.21. The fraction of sp³-hybridized carbons (Fsp3) is 0.167. The van der Waals surface area contributed by atoms with Gasteiger partial charge in [-0.15, -0.1) is 0 Å². The van der Waals surface area contributed by atoms with Crippen molar-refractivity contribution in [2.24, 2.45) is 5.92 Å². The van der Waals surface area contributed by atoms with Gasteiger partial charge >= 0.3 is 0 Å². The Hall–Kier alpha value is -3.40. The van der Waals surface area contributed by atoms with Crippen LogP contribution >= 0.6 is 0 Å². The second-order valence-electron chi connectivity index (χ2n) is 7.07. The summed E-state index contributed by atoms with van der Waals surface area (Å²) in [7, 11) is 0. The number of amides is 2. The fourth-order valence-electron chi connectivity index (χ4n) is 3.54. The molecule has 0 radical (unpaired) electrons. The van der Waals surface area contributed by atoms with Crippen LogP contribution in [-0.2, 0) is 16.0 Å². The van der Waals surface area contributed by atoms with Gasteiger partial charge in [0.05, 0.1) is 11.6 Å². The van der Waals surface area contributed by atoms with Gasteiger partial charge in [0.1, 0.15) is 11.5 Å². The summed E-state index contributed by atoms with van der Waals surface area (Å²) in [6, 6.07) is 24.6. The number of carbonyl (C=O) groups is 2. The Labute approximate surface area is 164 Å². The van der Waals surface area contributed by atoms with Crippen molar-refractivity contribution in [2.75, 3.05) is 4.90 Å². The molecule has 4 heteroatoms. The first-order chi connectivity index (χ1) is 13.6. The zero-order chi connectivity index (χ0) is 19.5. The van der Waals surface area contributed by atoms with Gasteiger partial charge in [-0.3, -0.25) is 14.5 Å². The maximum atomic E-state index is 12.9. The van der Waals surface area contributed by atoms with Crippen LogP contribution in [0.4, 0.5) is 5.69 Å². The zero-order valence-electron chi connectivity index (χ0n) is 15.7. The Morgan fingerprint density at radius 2 is 1.61 bits per heavy atom. The average molecular weight is 371 g/mol. The van der Waals surface area contributed by atoms with E-state index in [0.29, 0.717) is 17.9 Å². The SMILES string of the molecule is Cc1cccc(C[C@@H]2CC(=O)N(c3ccc(Oc4ccccc4)cc3)C2=O)c1. The molecule has 0 aromatic heterocycles. The molecule has 1 atom stereocenters. The van der Waals surface area contributed by atoms with E-state index in [0.717, 1.165) is 16.9 Å². The van der Waals surface area contributed by atoms with E-state index in [-0.39, 0.29) is 24.2 Å². The molecule has 28 heavy (non-hydrogen) atoms. The molecule has 0 aliphatic carbocycles. The summed E-state index contributed by atoms with van der Waals surface area (Å²) in [5, 5.41) is 0. The summed E-state index contributed by atoms with van der Waals surface area (Å²) in [6.45, 7) is 2.02. The lowest BCUT2D eigenvalue weighted by molar-refractivity contribution is -0.122. The quantitative estimate of drug-likeness (QED) is 0.599. The van der Waals surface area contributed by atoms with Crippen molar-refractivity contribution in [3.8, 4) is 11.5 Å². The van der Waals surface area contributed by atoms with Gasteiger partial charge in [0, 0.05) is 6.42 Å². The number of hydrogen-bond donors (Lipinski definition) is 0. The first-order valence-electron chi connectivity index (χ1n) is 9.35. The molecule has 0 saturated carbocycles. The summed E-state index contributed by atoms with van der Waals surface area (Å²) < 4.78 is 5.77. The van der Waals surface area contributed by atoms with Gasteiger partial charge in [-0.25, -0.2) is 0 Å². The molecule has 1 aliphatic heterocycles. The lowest BCUT2D eigenvalue weighted by Gasteiger charge is -2.16. The topological polar surface area (TPSA) is 46.6 Å². The van der Waals surface area contributed by atoms with E-state index in [4.69, 9.17) is 4.74 Å². The predicted octanol–water partition coefficient (Wildman–Crippen LogP) is 4.91. The van der Waals surface area contributed by atoms with Crippen LogP contribution in [0, 0.1) is 12.8 Å². The maximum Gasteiger partial charge on any atom is 0.237 e. The number of aryl methyl sites for hydroxylation is 1. The summed E-state index contributed by atoms with van der Waals surface area (Å²) in [4.78, 5) is 26.7. The number of benzene rings is 3. The van der Waals surface area contributed by atoms with Gasteiger partial charge in [0.15, 0.2) is 0 Å². The molecule has 0 N–H and O–H groups in total. The third-order valence-corrected chi connectivity index (χ3v) is 4.88.